The number of esters is 1. The summed E-state index contributed by atoms with van der Waals surface area (Å²) in [6, 6.07) is 9.85. The van der Waals surface area contributed by atoms with Crippen molar-refractivity contribution in [1.82, 2.24) is 0 Å². The number of hydrogen-bond acceptors (Lipinski definition) is 3. The summed E-state index contributed by atoms with van der Waals surface area (Å²) in [5, 5.41) is 0. The van der Waals surface area contributed by atoms with Gasteiger partial charge in [-0.3, -0.25) is 4.79 Å². The van der Waals surface area contributed by atoms with Crippen LogP contribution < -0.4 is 0 Å². The predicted molar refractivity (Wildman–Crippen MR) is 66.4 cm³/mol. The maximum Gasteiger partial charge on any atom is 0.311 e. The number of allylic oxidation sites excluding steroid dienone is 1. The summed E-state index contributed by atoms with van der Waals surface area (Å²) in [5.74, 6) is -0.515. The van der Waals surface area contributed by atoms with Crippen LogP contribution >= 0.6 is 0 Å². The zero-order chi connectivity index (χ0) is 12.5. The van der Waals surface area contributed by atoms with Crippen molar-refractivity contribution in [2.24, 2.45) is 5.92 Å². The highest BCUT2D eigenvalue weighted by molar-refractivity contribution is 5.72. The molecule has 3 heteroatoms. The van der Waals surface area contributed by atoms with Crippen molar-refractivity contribution in [2.45, 2.75) is 13.0 Å². The Balaban J connectivity index is 2.37. The van der Waals surface area contributed by atoms with Gasteiger partial charge in [-0.15, -0.1) is 6.58 Å². The van der Waals surface area contributed by atoms with Crippen LogP contribution in [0, 0.1) is 5.92 Å². The fourth-order valence-electron chi connectivity index (χ4n) is 1.49. The van der Waals surface area contributed by atoms with E-state index < -0.39 is 0 Å². The summed E-state index contributed by atoms with van der Waals surface area (Å²) in [5.41, 5.74) is 1.09. The molecule has 0 saturated carbocycles. The number of rotatable bonds is 7. The smallest absolute Gasteiger partial charge is 0.311 e. The lowest BCUT2D eigenvalue weighted by Gasteiger charge is -2.12. The zero-order valence-corrected chi connectivity index (χ0v) is 10.1. The minimum Gasteiger partial charge on any atom is -0.469 e. The standard InChI is InChI=1S/C14H18O3/c1-3-7-13(14(15)16-2)11-17-10-12-8-5-4-6-9-12/h3-6,8-9,13H,1,7,10-11H2,2H3. The highest BCUT2D eigenvalue weighted by Crippen LogP contribution is 2.09. The fraction of sp³-hybridized carbons (Fsp3) is 0.357. The van der Waals surface area contributed by atoms with Crippen LogP contribution in [-0.4, -0.2) is 19.7 Å². The topological polar surface area (TPSA) is 35.5 Å². The molecule has 0 saturated heterocycles. The lowest BCUT2D eigenvalue weighted by atomic mass is 10.1. The molecule has 1 unspecified atom stereocenters. The monoisotopic (exact) mass is 234 g/mol. The first-order chi connectivity index (χ1) is 8.27. The van der Waals surface area contributed by atoms with Crippen molar-refractivity contribution in [3.8, 4) is 0 Å². The molecule has 0 heterocycles. The van der Waals surface area contributed by atoms with Gasteiger partial charge in [0, 0.05) is 0 Å². The summed E-state index contributed by atoms with van der Waals surface area (Å²) in [6.07, 6.45) is 2.27. The van der Waals surface area contributed by atoms with Gasteiger partial charge < -0.3 is 9.47 Å². The Morgan fingerprint density at radius 2 is 2.12 bits per heavy atom. The van der Waals surface area contributed by atoms with Gasteiger partial charge >= 0.3 is 5.97 Å². The second kappa shape index (κ2) is 7.63. The Hall–Kier alpha value is -1.61. The fourth-order valence-corrected chi connectivity index (χ4v) is 1.49. The molecule has 92 valence electrons. The molecule has 0 aliphatic carbocycles. The summed E-state index contributed by atoms with van der Waals surface area (Å²) in [6.45, 7) is 4.48. The maximum atomic E-state index is 11.4. The molecule has 0 spiro atoms. The van der Waals surface area contributed by atoms with Gasteiger partial charge in [0.1, 0.15) is 0 Å². The summed E-state index contributed by atoms with van der Waals surface area (Å²) < 4.78 is 10.2. The molecule has 1 aromatic rings. The van der Waals surface area contributed by atoms with E-state index in [-0.39, 0.29) is 11.9 Å². The number of methoxy groups -OCH3 is 1. The maximum absolute atomic E-state index is 11.4. The average Bonchev–Trinajstić information content (AvgIpc) is 2.38. The molecule has 1 rings (SSSR count). The molecule has 1 aromatic carbocycles. The normalized spacial score (nSPS) is 11.8. The third-order valence-corrected chi connectivity index (χ3v) is 2.42. The first-order valence-electron chi connectivity index (χ1n) is 5.58. The number of hydrogen-bond donors (Lipinski definition) is 0. The van der Waals surface area contributed by atoms with Crippen molar-refractivity contribution in [1.29, 1.82) is 0 Å². The average molecular weight is 234 g/mol. The molecule has 0 N–H and O–H groups in total. The van der Waals surface area contributed by atoms with E-state index in [0.29, 0.717) is 19.6 Å². The Morgan fingerprint density at radius 3 is 2.71 bits per heavy atom. The summed E-state index contributed by atoms with van der Waals surface area (Å²) >= 11 is 0. The first kappa shape index (κ1) is 13.5. The van der Waals surface area contributed by atoms with Crippen molar-refractivity contribution >= 4 is 5.97 Å². The Labute approximate surface area is 102 Å². The molecule has 17 heavy (non-hydrogen) atoms. The van der Waals surface area contributed by atoms with Gasteiger partial charge in [0.05, 0.1) is 26.2 Å². The van der Waals surface area contributed by atoms with E-state index in [4.69, 9.17) is 9.47 Å². The molecule has 0 fully saturated rings. The second-order valence-electron chi connectivity index (χ2n) is 3.75. The van der Waals surface area contributed by atoms with Gasteiger partial charge in [0.25, 0.3) is 0 Å². The van der Waals surface area contributed by atoms with Crippen LogP contribution in [0.5, 0.6) is 0 Å². The van der Waals surface area contributed by atoms with Crippen LogP contribution in [-0.2, 0) is 20.9 Å². The molecule has 0 bridgehead atoms. The molecule has 0 aliphatic rings. The van der Waals surface area contributed by atoms with E-state index in [9.17, 15) is 4.79 Å². The Bertz CT molecular complexity index is 346. The zero-order valence-electron chi connectivity index (χ0n) is 10.1. The van der Waals surface area contributed by atoms with Crippen LogP contribution in [0.4, 0.5) is 0 Å². The molecule has 0 amide bonds. The molecule has 0 aromatic heterocycles. The minimum atomic E-state index is -0.263. The molecular formula is C14H18O3. The molecule has 3 nitrogen and oxygen atoms in total. The van der Waals surface area contributed by atoms with Crippen molar-refractivity contribution < 1.29 is 14.3 Å². The quantitative estimate of drug-likeness (QED) is 0.537. The summed E-state index contributed by atoms with van der Waals surface area (Å²) in [7, 11) is 1.38. The third-order valence-electron chi connectivity index (χ3n) is 2.42. The number of carbonyl (C=O) groups is 1. The van der Waals surface area contributed by atoms with Crippen molar-refractivity contribution in [3.05, 3.63) is 48.6 Å². The van der Waals surface area contributed by atoms with Gasteiger partial charge in [-0.25, -0.2) is 0 Å². The van der Waals surface area contributed by atoms with Gasteiger partial charge in [0.2, 0.25) is 0 Å². The highest BCUT2D eigenvalue weighted by Gasteiger charge is 2.17. The van der Waals surface area contributed by atoms with Gasteiger partial charge in [-0.05, 0) is 12.0 Å². The van der Waals surface area contributed by atoms with Crippen LogP contribution in [0.25, 0.3) is 0 Å². The van der Waals surface area contributed by atoms with Gasteiger partial charge in [-0.1, -0.05) is 36.4 Å². The van der Waals surface area contributed by atoms with E-state index >= 15 is 0 Å². The van der Waals surface area contributed by atoms with Crippen LogP contribution in [0.2, 0.25) is 0 Å². The van der Waals surface area contributed by atoms with E-state index in [1.54, 1.807) is 6.08 Å². The number of ether oxygens (including phenoxy) is 2. The molecule has 1 atom stereocenters. The van der Waals surface area contributed by atoms with Crippen molar-refractivity contribution in [3.63, 3.8) is 0 Å². The van der Waals surface area contributed by atoms with Gasteiger partial charge in [-0.2, -0.15) is 0 Å². The number of carbonyl (C=O) groups excluding carboxylic acids is 1. The largest absolute Gasteiger partial charge is 0.469 e. The van der Waals surface area contributed by atoms with Crippen molar-refractivity contribution in [2.75, 3.05) is 13.7 Å². The first-order valence-corrected chi connectivity index (χ1v) is 5.58. The Kier molecular flexibility index (Phi) is 6.04. The molecule has 0 radical (unpaired) electrons. The highest BCUT2D eigenvalue weighted by atomic mass is 16.5. The van der Waals surface area contributed by atoms with Crippen LogP contribution in [0.3, 0.4) is 0 Å². The van der Waals surface area contributed by atoms with Gasteiger partial charge in [0.15, 0.2) is 0 Å². The Morgan fingerprint density at radius 1 is 1.41 bits per heavy atom. The van der Waals surface area contributed by atoms with E-state index in [1.807, 2.05) is 30.3 Å². The molecule has 0 aliphatic heterocycles. The second-order valence-corrected chi connectivity index (χ2v) is 3.75. The predicted octanol–water partition coefficient (Wildman–Crippen LogP) is 2.57. The molecular weight excluding hydrogens is 216 g/mol. The lowest BCUT2D eigenvalue weighted by Crippen LogP contribution is -2.21. The van der Waals surface area contributed by atoms with E-state index in [2.05, 4.69) is 6.58 Å². The SMILES string of the molecule is C=CCC(COCc1ccccc1)C(=O)OC. The minimum absolute atomic E-state index is 0.252. The lowest BCUT2D eigenvalue weighted by molar-refractivity contribution is -0.147. The third kappa shape index (κ3) is 4.83. The van der Waals surface area contributed by atoms with Crippen LogP contribution in [0.1, 0.15) is 12.0 Å². The van der Waals surface area contributed by atoms with E-state index in [0.717, 1.165) is 5.56 Å². The van der Waals surface area contributed by atoms with Crippen LogP contribution in [0.15, 0.2) is 43.0 Å². The number of benzene rings is 1. The van der Waals surface area contributed by atoms with E-state index in [1.165, 1.54) is 7.11 Å². The summed E-state index contributed by atoms with van der Waals surface area (Å²) in [4.78, 5) is 11.4.